The average Bonchev–Trinajstić information content (AvgIpc) is 3.21. The number of aromatic amines is 1. The minimum atomic E-state index is -0.162. The Labute approximate surface area is 165 Å². The van der Waals surface area contributed by atoms with E-state index in [1.807, 2.05) is 4.90 Å². The Kier molecular flexibility index (Phi) is 3.66. The fourth-order valence-corrected chi connectivity index (χ4v) is 6.39. The number of aryl methyl sites for hydroxylation is 1. The monoisotopic (exact) mass is 383 g/mol. The van der Waals surface area contributed by atoms with Crippen molar-refractivity contribution in [2.75, 3.05) is 13.1 Å². The van der Waals surface area contributed by atoms with Crippen LogP contribution < -0.4 is 0 Å². The second-order valence-corrected chi connectivity index (χ2v) is 9.91. The Morgan fingerprint density at radius 3 is 2.64 bits per heavy atom. The molecule has 150 valence electrons. The maximum absolute atomic E-state index is 13.4. The zero-order chi connectivity index (χ0) is 18.9. The van der Waals surface area contributed by atoms with E-state index in [-0.39, 0.29) is 23.8 Å². The molecule has 2 amide bonds. The second kappa shape index (κ2) is 6.04. The summed E-state index contributed by atoms with van der Waals surface area (Å²) in [5.41, 5.74) is 2.36. The third-order valence-corrected chi connectivity index (χ3v) is 8.20. The summed E-state index contributed by atoms with van der Waals surface area (Å²) in [5, 5.41) is 11.2. The zero-order valence-corrected chi connectivity index (χ0v) is 16.4. The standard InChI is InChI=1S/C21H29N5O2/c27-19(13-10-21(11-13)7-8-21)26-14-4-5-15(26)12-25(9-6-14)20(28)16-2-1-3-17-18(16)23-24-22-17/h13-16H,1-12H2,(H,22,23,24). The molecule has 2 saturated heterocycles. The lowest BCUT2D eigenvalue weighted by Gasteiger charge is -2.40. The van der Waals surface area contributed by atoms with E-state index in [1.54, 1.807) is 0 Å². The van der Waals surface area contributed by atoms with Crippen LogP contribution >= 0.6 is 0 Å². The van der Waals surface area contributed by atoms with E-state index in [4.69, 9.17) is 0 Å². The molecule has 6 rings (SSSR count). The summed E-state index contributed by atoms with van der Waals surface area (Å²) in [6.07, 6.45) is 10.7. The van der Waals surface area contributed by atoms with Crippen LogP contribution in [-0.4, -0.2) is 62.2 Å². The van der Waals surface area contributed by atoms with E-state index in [1.165, 1.54) is 12.8 Å². The molecule has 3 aliphatic carbocycles. The molecule has 3 heterocycles. The van der Waals surface area contributed by atoms with E-state index in [0.29, 0.717) is 23.9 Å². The molecule has 0 aromatic carbocycles. The molecule has 28 heavy (non-hydrogen) atoms. The highest BCUT2D eigenvalue weighted by molar-refractivity contribution is 5.84. The fraction of sp³-hybridized carbons (Fsp3) is 0.810. The first-order valence-electron chi connectivity index (χ1n) is 11.1. The summed E-state index contributed by atoms with van der Waals surface area (Å²) in [6.45, 7) is 1.46. The van der Waals surface area contributed by atoms with Crippen LogP contribution in [0.1, 0.15) is 75.1 Å². The van der Waals surface area contributed by atoms with Crippen LogP contribution in [-0.2, 0) is 16.0 Å². The van der Waals surface area contributed by atoms with Crippen LogP contribution in [0.25, 0.3) is 0 Å². The van der Waals surface area contributed by atoms with Crippen LogP contribution in [0.3, 0.4) is 0 Å². The van der Waals surface area contributed by atoms with E-state index in [9.17, 15) is 9.59 Å². The number of aromatic nitrogens is 3. The zero-order valence-electron chi connectivity index (χ0n) is 16.4. The lowest BCUT2D eigenvalue weighted by atomic mass is 9.71. The third kappa shape index (κ3) is 2.54. The van der Waals surface area contributed by atoms with E-state index >= 15 is 0 Å². The molecule has 2 bridgehead atoms. The molecule has 1 aromatic rings. The van der Waals surface area contributed by atoms with Crippen LogP contribution in [0, 0.1) is 11.3 Å². The minimum absolute atomic E-state index is 0.162. The van der Waals surface area contributed by atoms with Crippen LogP contribution in [0.15, 0.2) is 0 Å². The third-order valence-electron chi connectivity index (χ3n) is 8.20. The molecule has 0 radical (unpaired) electrons. The number of nitrogens with one attached hydrogen (secondary N) is 1. The normalized spacial score (nSPS) is 33.4. The maximum atomic E-state index is 13.4. The molecular formula is C21H29N5O2. The Hall–Kier alpha value is -1.92. The van der Waals surface area contributed by atoms with Gasteiger partial charge in [-0.25, -0.2) is 0 Å². The predicted octanol–water partition coefficient (Wildman–Crippen LogP) is 2.01. The van der Waals surface area contributed by atoms with Crippen LogP contribution in [0.5, 0.6) is 0 Å². The molecule has 2 aliphatic heterocycles. The maximum Gasteiger partial charge on any atom is 0.231 e. The fourth-order valence-electron chi connectivity index (χ4n) is 6.39. The molecule has 1 spiro atoms. The van der Waals surface area contributed by atoms with Gasteiger partial charge in [0.05, 0.1) is 17.3 Å². The Bertz CT molecular complexity index is 807. The molecule has 1 aromatic heterocycles. The van der Waals surface area contributed by atoms with Gasteiger partial charge in [0.2, 0.25) is 11.8 Å². The molecule has 2 saturated carbocycles. The van der Waals surface area contributed by atoms with Gasteiger partial charge in [-0.3, -0.25) is 9.59 Å². The van der Waals surface area contributed by atoms with Gasteiger partial charge >= 0.3 is 0 Å². The second-order valence-electron chi connectivity index (χ2n) is 9.91. The summed E-state index contributed by atoms with van der Waals surface area (Å²) >= 11 is 0. The topological polar surface area (TPSA) is 82.2 Å². The number of hydrogen-bond donors (Lipinski definition) is 1. The number of rotatable bonds is 2. The number of hydrogen-bond acceptors (Lipinski definition) is 4. The first-order chi connectivity index (χ1) is 13.6. The number of carbonyl (C=O) groups excluding carboxylic acids is 2. The molecule has 7 heteroatoms. The highest BCUT2D eigenvalue weighted by Crippen LogP contribution is 2.63. The lowest BCUT2D eigenvalue weighted by molar-refractivity contribution is -0.144. The summed E-state index contributed by atoms with van der Waals surface area (Å²) in [4.78, 5) is 30.8. The van der Waals surface area contributed by atoms with Crippen molar-refractivity contribution in [3.05, 3.63) is 11.4 Å². The SMILES string of the molecule is O=C(C1CCCc2n[nH]nc21)N1CCC2CCC(C1)N2C(=O)C1CC2(CC2)C1. The van der Waals surface area contributed by atoms with Gasteiger partial charge in [0.15, 0.2) is 0 Å². The Morgan fingerprint density at radius 1 is 1.00 bits per heavy atom. The molecule has 7 nitrogen and oxygen atoms in total. The van der Waals surface area contributed by atoms with Crippen LogP contribution in [0.2, 0.25) is 0 Å². The van der Waals surface area contributed by atoms with Crippen molar-refractivity contribution >= 4 is 11.8 Å². The van der Waals surface area contributed by atoms with Crippen molar-refractivity contribution in [1.29, 1.82) is 0 Å². The van der Waals surface area contributed by atoms with Gasteiger partial charge in [-0.2, -0.15) is 15.4 Å². The van der Waals surface area contributed by atoms with E-state index < -0.39 is 0 Å². The van der Waals surface area contributed by atoms with Gasteiger partial charge < -0.3 is 9.80 Å². The molecule has 1 N–H and O–H groups in total. The summed E-state index contributed by atoms with van der Waals surface area (Å²) in [6, 6.07) is 0.542. The van der Waals surface area contributed by atoms with Crippen molar-refractivity contribution < 1.29 is 9.59 Å². The number of carbonyl (C=O) groups is 2. The first-order valence-corrected chi connectivity index (χ1v) is 11.1. The lowest BCUT2D eigenvalue weighted by Crippen LogP contribution is -2.49. The van der Waals surface area contributed by atoms with Crippen molar-refractivity contribution in [3.63, 3.8) is 0 Å². The van der Waals surface area contributed by atoms with Gasteiger partial charge in [-0.05, 0) is 69.6 Å². The summed E-state index contributed by atoms with van der Waals surface area (Å²) in [5.74, 6) is 0.666. The molecule has 5 aliphatic rings. The number of H-pyrrole nitrogens is 1. The first kappa shape index (κ1) is 17.0. The highest BCUT2D eigenvalue weighted by Gasteiger charge is 2.57. The molecular weight excluding hydrogens is 354 g/mol. The largest absolute Gasteiger partial charge is 0.340 e. The Morgan fingerprint density at radius 2 is 1.82 bits per heavy atom. The molecule has 4 fully saturated rings. The predicted molar refractivity (Wildman–Crippen MR) is 101 cm³/mol. The average molecular weight is 383 g/mol. The van der Waals surface area contributed by atoms with Gasteiger partial charge in [0.25, 0.3) is 0 Å². The van der Waals surface area contributed by atoms with Crippen molar-refractivity contribution in [2.45, 2.75) is 82.2 Å². The van der Waals surface area contributed by atoms with Crippen molar-refractivity contribution in [1.82, 2.24) is 25.2 Å². The Balaban J connectivity index is 1.17. The molecule has 3 atom stereocenters. The number of nitrogens with zero attached hydrogens (tertiary/aromatic N) is 4. The number of amides is 2. The van der Waals surface area contributed by atoms with Gasteiger partial charge in [0, 0.05) is 31.1 Å². The van der Waals surface area contributed by atoms with Gasteiger partial charge in [-0.15, -0.1) is 0 Å². The number of fused-ring (bicyclic) bond motifs is 3. The highest BCUT2D eigenvalue weighted by atomic mass is 16.2. The van der Waals surface area contributed by atoms with Crippen molar-refractivity contribution in [3.8, 4) is 0 Å². The number of likely N-dealkylation sites (tertiary alicyclic amines) is 1. The minimum Gasteiger partial charge on any atom is -0.340 e. The summed E-state index contributed by atoms with van der Waals surface area (Å²) < 4.78 is 0. The van der Waals surface area contributed by atoms with Crippen molar-refractivity contribution in [2.24, 2.45) is 11.3 Å². The van der Waals surface area contributed by atoms with Gasteiger partial charge in [0.1, 0.15) is 0 Å². The van der Waals surface area contributed by atoms with Crippen LogP contribution in [0.4, 0.5) is 0 Å². The summed E-state index contributed by atoms with van der Waals surface area (Å²) in [7, 11) is 0. The molecule has 3 unspecified atom stereocenters. The quantitative estimate of drug-likeness (QED) is 0.847. The van der Waals surface area contributed by atoms with Gasteiger partial charge in [-0.1, -0.05) is 0 Å². The smallest absolute Gasteiger partial charge is 0.231 e. The van der Waals surface area contributed by atoms with E-state index in [2.05, 4.69) is 20.3 Å². The van der Waals surface area contributed by atoms with E-state index in [0.717, 1.165) is 69.3 Å².